The van der Waals surface area contributed by atoms with Gasteiger partial charge >= 0.3 is 6.18 Å². The van der Waals surface area contributed by atoms with Gasteiger partial charge in [0, 0.05) is 11.9 Å². The second-order valence-electron chi connectivity index (χ2n) is 2.36. The summed E-state index contributed by atoms with van der Waals surface area (Å²) in [6.45, 7) is 10.3. The van der Waals surface area contributed by atoms with Crippen molar-refractivity contribution in [2.75, 3.05) is 0 Å². The fraction of sp³-hybridized carbons (Fsp3) is 0.500. The largest absolute Gasteiger partial charge is 0.417 e. The Morgan fingerprint density at radius 2 is 1.64 bits per heavy atom. The van der Waals surface area contributed by atoms with Gasteiger partial charge in [-0.05, 0) is 13.8 Å². The number of rotatable bonds is 2. The molecule has 0 rings (SSSR count). The van der Waals surface area contributed by atoms with Gasteiger partial charge in [0.2, 0.25) is 0 Å². The Balaban J connectivity index is 0. The van der Waals surface area contributed by atoms with Gasteiger partial charge in [-0.25, -0.2) is 0 Å². The van der Waals surface area contributed by atoms with Crippen LogP contribution in [0.1, 0.15) is 27.7 Å². The third-order valence-electron chi connectivity index (χ3n) is 1.01. The lowest BCUT2D eigenvalue weighted by Crippen LogP contribution is -2.09. The highest BCUT2D eigenvalue weighted by atomic mass is 19.4. The van der Waals surface area contributed by atoms with Crippen molar-refractivity contribution < 1.29 is 13.2 Å². The smallest absolute Gasteiger partial charge is 0.266 e. The van der Waals surface area contributed by atoms with Crippen LogP contribution in [0.25, 0.3) is 0 Å². The van der Waals surface area contributed by atoms with Crippen LogP contribution in [-0.2, 0) is 0 Å². The van der Waals surface area contributed by atoms with E-state index in [1.807, 2.05) is 13.8 Å². The van der Waals surface area contributed by atoms with Crippen LogP contribution in [-0.4, -0.2) is 11.9 Å². The first-order valence-electron chi connectivity index (χ1n) is 4.28. The Labute approximate surface area is 83.0 Å². The molecule has 0 aromatic rings. The fourth-order valence-electron chi connectivity index (χ4n) is 0.440. The van der Waals surface area contributed by atoms with Crippen molar-refractivity contribution >= 4 is 5.71 Å². The van der Waals surface area contributed by atoms with E-state index in [9.17, 15) is 13.2 Å². The zero-order valence-corrected chi connectivity index (χ0v) is 8.94. The summed E-state index contributed by atoms with van der Waals surface area (Å²) in [6, 6.07) is 0. The highest BCUT2D eigenvalue weighted by molar-refractivity contribution is 5.79. The van der Waals surface area contributed by atoms with Gasteiger partial charge in [-0.1, -0.05) is 26.5 Å². The van der Waals surface area contributed by atoms with Gasteiger partial charge in [0.15, 0.2) is 0 Å². The van der Waals surface area contributed by atoms with Crippen molar-refractivity contribution in [2.45, 2.75) is 33.9 Å². The summed E-state index contributed by atoms with van der Waals surface area (Å²) < 4.78 is 35.9. The lowest BCUT2D eigenvalue weighted by Gasteiger charge is -2.04. The van der Waals surface area contributed by atoms with Crippen LogP contribution >= 0.6 is 0 Å². The summed E-state index contributed by atoms with van der Waals surface area (Å²) >= 11 is 0. The first kappa shape index (κ1) is 15.4. The zero-order chi connectivity index (χ0) is 11.8. The summed E-state index contributed by atoms with van der Waals surface area (Å²) in [5.74, 6) is 0. The molecule has 0 fully saturated rings. The molecular weight excluding hydrogens is 191 g/mol. The average molecular weight is 207 g/mol. The molecule has 0 heterocycles. The molecule has 0 unspecified atom stereocenters. The minimum Gasteiger partial charge on any atom is -0.266 e. The van der Waals surface area contributed by atoms with Gasteiger partial charge in [0.1, 0.15) is 0 Å². The standard InChI is InChI=1S/C8H10F3N.C2H6/c1-4-7(8(9,10)11)5-12-6(2)3;1-2/h4-5H,1H2,2-3H3;1-2H3/b7-5+;. The summed E-state index contributed by atoms with van der Waals surface area (Å²) in [5, 5.41) is 0. The maximum Gasteiger partial charge on any atom is 0.417 e. The molecule has 14 heavy (non-hydrogen) atoms. The molecule has 4 heteroatoms. The maximum atomic E-state index is 12.0. The lowest BCUT2D eigenvalue weighted by atomic mass is 10.3. The average Bonchev–Trinajstić information content (AvgIpc) is 2.06. The van der Waals surface area contributed by atoms with Crippen molar-refractivity contribution in [3.8, 4) is 0 Å². The first-order valence-corrected chi connectivity index (χ1v) is 4.28. The first-order chi connectivity index (χ1) is 6.38. The van der Waals surface area contributed by atoms with Crippen LogP contribution < -0.4 is 0 Å². The van der Waals surface area contributed by atoms with Gasteiger partial charge in [0.05, 0.1) is 5.57 Å². The third kappa shape index (κ3) is 7.58. The monoisotopic (exact) mass is 207 g/mol. The number of nitrogens with zero attached hydrogens (tertiary/aromatic N) is 1. The van der Waals surface area contributed by atoms with E-state index in [1.54, 1.807) is 13.8 Å². The van der Waals surface area contributed by atoms with Gasteiger partial charge in [-0.3, -0.25) is 4.99 Å². The topological polar surface area (TPSA) is 12.4 Å². The number of halogens is 3. The molecule has 0 amide bonds. The lowest BCUT2D eigenvalue weighted by molar-refractivity contribution is -0.0883. The van der Waals surface area contributed by atoms with E-state index in [0.717, 1.165) is 12.3 Å². The number of alkyl halides is 3. The van der Waals surface area contributed by atoms with E-state index in [1.165, 1.54) is 0 Å². The van der Waals surface area contributed by atoms with E-state index in [4.69, 9.17) is 0 Å². The van der Waals surface area contributed by atoms with E-state index in [-0.39, 0.29) is 0 Å². The number of aliphatic imine (C=N–C) groups is 1. The molecule has 0 aromatic heterocycles. The highest BCUT2D eigenvalue weighted by Crippen LogP contribution is 2.25. The predicted molar refractivity (Wildman–Crippen MR) is 54.5 cm³/mol. The van der Waals surface area contributed by atoms with Crippen LogP contribution in [0, 0.1) is 0 Å². The minimum absolute atomic E-state index is 0.568. The Morgan fingerprint density at radius 3 is 1.86 bits per heavy atom. The van der Waals surface area contributed by atoms with Crippen molar-refractivity contribution in [1.82, 2.24) is 0 Å². The summed E-state index contributed by atoms with van der Waals surface area (Å²) in [4.78, 5) is 3.53. The summed E-state index contributed by atoms with van der Waals surface area (Å²) in [7, 11) is 0. The highest BCUT2D eigenvalue weighted by Gasteiger charge is 2.31. The Kier molecular flexibility index (Phi) is 8.10. The number of hydrogen-bond donors (Lipinski definition) is 0. The molecule has 0 N–H and O–H groups in total. The van der Waals surface area contributed by atoms with E-state index in [0.29, 0.717) is 5.71 Å². The quantitative estimate of drug-likeness (QED) is 0.477. The van der Waals surface area contributed by atoms with E-state index >= 15 is 0 Å². The van der Waals surface area contributed by atoms with Gasteiger partial charge in [-0.15, -0.1) is 0 Å². The SMILES string of the molecule is C=C/C(=C\N=C(C)C)C(F)(F)F.CC. The van der Waals surface area contributed by atoms with Crippen molar-refractivity contribution in [1.29, 1.82) is 0 Å². The van der Waals surface area contributed by atoms with Crippen LogP contribution in [0.2, 0.25) is 0 Å². The second-order valence-corrected chi connectivity index (χ2v) is 2.36. The van der Waals surface area contributed by atoms with Gasteiger partial charge in [-0.2, -0.15) is 13.2 Å². The second kappa shape index (κ2) is 7.35. The summed E-state index contributed by atoms with van der Waals surface area (Å²) in [5.41, 5.74) is -0.262. The van der Waals surface area contributed by atoms with E-state index < -0.39 is 11.7 Å². The molecule has 0 radical (unpaired) electrons. The molecule has 0 aliphatic heterocycles. The minimum atomic E-state index is -4.36. The molecule has 0 bridgehead atoms. The predicted octanol–water partition coefficient (Wildman–Crippen LogP) is 4.13. The molecule has 0 atom stereocenters. The molecule has 0 aliphatic carbocycles. The fourth-order valence-corrected chi connectivity index (χ4v) is 0.440. The zero-order valence-electron chi connectivity index (χ0n) is 8.94. The molecule has 0 saturated heterocycles. The molecule has 0 aliphatic rings. The maximum absolute atomic E-state index is 12.0. The van der Waals surface area contributed by atoms with Gasteiger partial charge in [0.25, 0.3) is 0 Å². The number of allylic oxidation sites excluding steroid dienone is 2. The molecule has 0 saturated carbocycles. The normalized spacial score (nSPS) is 11.2. The Morgan fingerprint density at radius 1 is 1.21 bits per heavy atom. The molecule has 0 aromatic carbocycles. The van der Waals surface area contributed by atoms with Crippen LogP contribution in [0.4, 0.5) is 13.2 Å². The van der Waals surface area contributed by atoms with Crippen molar-refractivity contribution in [3.63, 3.8) is 0 Å². The van der Waals surface area contributed by atoms with Gasteiger partial charge < -0.3 is 0 Å². The van der Waals surface area contributed by atoms with Crippen LogP contribution in [0.15, 0.2) is 29.4 Å². The third-order valence-corrected chi connectivity index (χ3v) is 1.01. The molecular formula is C10H16F3N. The van der Waals surface area contributed by atoms with E-state index in [2.05, 4.69) is 11.6 Å². The molecule has 0 spiro atoms. The van der Waals surface area contributed by atoms with Crippen LogP contribution in [0.3, 0.4) is 0 Å². The van der Waals surface area contributed by atoms with Crippen LogP contribution in [0.5, 0.6) is 0 Å². The molecule has 1 nitrogen and oxygen atoms in total. The number of hydrogen-bond acceptors (Lipinski definition) is 1. The Hall–Kier alpha value is -1.06. The summed E-state index contributed by atoms with van der Waals surface area (Å²) in [6.07, 6.45) is -2.85. The Bertz CT molecular complexity index is 220. The van der Waals surface area contributed by atoms with Crippen molar-refractivity contribution in [3.05, 3.63) is 24.4 Å². The molecule has 82 valence electrons. The van der Waals surface area contributed by atoms with Crippen molar-refractivity contribution in [2.24, 2.45) is 4.99 Å².